The number of ether oxygens (including phenoxy) is 1. The number of benzene rings is 2. The van der Waals surface area contributed by atoms with Crippen molar-refractivity contribution in [3.05, 3.63) is 65.7 Å². The Morgan fingerprint density at radius 2 is 1.69 bits per heavy atom. The van der Waals surface area contributed by atoms with Crippen LogP contribution in [0.2, 0.25) is 0 Å². The molecule has 0 heterocycles. The minimum atomic E-state index is -0.807. The summed E-state index contributed by atoms with van der Waals surface area (Å²) in [6.45, 7) is 3.99. The number of hydrogen-bond acceptors (Lipinski definition) is 5. The molecule has 0 aliphatic rings. The molecule has 0 bridgehead atoms. The van der Waals surface area contributed by atoms with Gasteiger partial charge in [-0.3, -0.25) is 4.79 Å². The van der Waals surface area contributed by atoms with Crippen LogP contribution in [0.25, 0.3) is 0 Å². The number of nitrogens with one attached hydrogen (secondary N) is 1. The lowest BCUT2D eigenvalue weighted by atomic mass is 9.98. The number of carbonyl (C=O) groups excluding carboxylic acids is 2. The molecule has 2 rings (SSSR count). The monoisotopic (exact) mass is 420 g/mol. The maximum absolute atomic E-state index is 12.6. The van der Waals surface area contributed by atoms with E-state index in [1.165, 1.54) is 0 Å². The van der Waals surface area contributed by atoms with E-state index in [4.69, 9.17) is 10.5 Å². The average molecular weight is 421 g/mol. The van der Waals surface area contributed by atoms with Crippen LogP contribution in [0.4, 0.5) is 0 Å². The summed E-state index contributed by atoms with van der Waals surface area (Å²) < 4.78 is 5.40. The molecule has 6 nitrogen and oxygen atoms in total. The van der Waals surface area contributed by atoms with Crippen molar-refractivity contribution in [1.29, 1.82) is 0 Å². The number of rotatable bonds is 9. The van der Waals surface area contributed by atoms with Gasteiger partial charge in [0.1, 0.15) is 18.4 Å². The predicted molar refractivity (Wildman–Crippen MR) is 115 cm³/mol. The molecular formula is C22H29ClN2O4. The summed E-state index contributed by atoms with van der Waals surface area (Å²) in [5, 5.41) is 12.1. The van der Waals surface area contributed by atoms with E-state index >= 15 is 0 Å². The summed E-state index contributed by atoms with van der Waals surface area (Å²) in [6, 6.07) is 14.3. The molecule has 4 N–H and O–H groups in total. The van der Waals surface area contributed by atoms with Crippen molar-refractivity contribution < 1.29 is 19.4 Å². The van der Waals surface area contributed by atoms with E-state index in [9.17, 15) is 14.7 Å². The lowest BCUT2D eigenvalue weighted by molar-refractivity contribution is -0.150. The highest BCUT2D eigenvalue weighted by Gasteiger charge is 2.29. The van der Waals surface area contributed by atoms with Gasteiger partial charge in [-0.15, -0.1) is 12.4 Å². The average Bonchev–Trinajstić information content (AvgIpc) is 2.71. The first kappa shape index (κ1) is 24.5. The number of nitrogens with two attached hydrogens (primary N) is 1. The smallest absolute Gasteiger partial charge is 0.329 e. The van der Waals surface area contributed by atoms with Crippen LogP contribution in [0.1, 0.15) is 31.4 Å². The van der Waals surface area contributed by atoms with Crippen molar-refractivity contribution in [3.8, 4) is 5.75 Å². The fourth-order valence-electron chi connectivity index (χ4n) is 2.73. The molecule has 0 fully saturated rings. The molecule has 0 radical (unpaired) electrons. The number of hydrogen-bond donors (Lipinski definition) is 3. The number of aromatic hydroxyl groups is 1. The fourth-order valence-corrected chi connectivity index (χ4v) is 2.73. The highest BCUT2D eigenvalue weighted by Crippen LogP contribution is 2.13. The zero-order chi connectivity index (χ0) is 20.5. The molecule has 2 aromatic rings. The molecule has 0 aliphatic heterocycles. The van der Waals surface area contributed by atoms with E-state index in [-0.39, 0.29) is 30.7 Å². The molecule has 3 unspecified atom stereocenters. The maximum Gasteiger partial charge on any atom is 0.329 e. The first-order valence-electron chi connectivity index (χ1n) is 9.45. The fraction of sp³-hybridized carbons (Fsp3) is 0.364. The minimum Gasteiger partial charge on any atom is -0.508 e. The Balaban J connectivity index is 0.00000420. The van der Waals surface area contributed by atoms with Gasteiger partial charge in [-0.2, -0.15) is 0 Å². The highest BCUT2D eigenvalue weighted by molar-refractivity contribution is 5.87. The van der Waals surface area contributed by atoms with Crippen LogP contribution in [0, 0.1) is 5.92 Å². The van der Waals surface area contributed by atoms with Crippen molar-refractivity contribution in [3.63, 3.8) is 0 Å². The zero-order valence-corrected chi connectivity index (χ0v) is 17.5. The van der Waals surface area contributed by atoms with E-state index in [2.05, 4.69) is 5.32 Å². The normalized spacial score (nSPS) is 13.5. The van der Waals surface area contributed by atoms with Gasteiger partial charge in [0.2, 0.25) is 5.91 Å². The van der Waals surface area contributed by atoms with Crippen molar-refractivity contribution in [2.45, 2.75) is 45.4 Å². The van der Waals surface area contributed by atoms with Crippen molar-refractivity contribution in [2.24, 2.45) is 11.7 Å². The van der Waals surface area contributed by atoms with Crippen LogP contribution >= 0.6 is 12.4 Å². The Bertz CT molecular complexity index is 768. The van der Waals surface area contributed by atoms with E-state index in [0.717, 1.165) is 11.1 Å². The number of halogens is 1. The van der Waals surface area contributed by atoms with Crippen molar-refractivity contribution in [1.82, 2.24) is 5.32 Å². The molecule has 0 saturated heterocycles. The standard InChI is InChI=1S/C22H28N2O4.ClH/c1-3-15(2)20(22(27)28-14-17-7-5-4-6-8-17)24-21(26)19(23)13-16-9-11-18(25)12-10-16;/h4-12,15,19-20,25H,3,13-14,23H2,1-2H3,(H,24,26);1H. The number of phenols is 1. The SMILES string of the molecule is CCC(C)C(NC(=O)C(N)Cc1ccc(O)cc1)C(=O)OCc1ccccc1.Cl. The van der Waals surface area contributed by atoms with Crippen LogP contribution in [0.3, 0.4) is 0 Å². The summed E-state index contributed by atoms with van der Waals surface area (Å²) >= 11 is 0. The van der Waals surface area contributed by atoms with Gasteiger partial charge >= 0.3 is 5.97 Å². The lowest BCUT2D eigenvalue weighted by Crippen LogP contribution is -2.52. The summed E-state index contributed by atoms with van der Waals surface area (Å²) in [5.41, 5.74) is 7.73. The van der Waals surface area contributed by atoms with E-state index < -0.39 is 24.0 Å². The Morgan fingerprint density at radius 1 is 1.07 bits per heavy atom. The minimum absolute atomic E-state index is 0. The van der Waals surface area contributed by atoms with Crippen molar-refractivity contribution in [2.75, 3.05) is 0 Å². The molecule has 0 saturated carbocycles. The highest BCUT2D eigenvalue weighted by atomic mass is 35.5. The molecule has 3 atom stereocenters. The zero-order valence-electron chi connectivity index (χ0n) is 16.7. The molecule has 1 amide bonds. The first-order chi connectivity index (χ1) is 13.4. The topological polar surface area (TPSA) is 102 Å². The summed E-state index contributed by atoms with van der Waals surface area (Å²) in [6.07, 6.45) is 1.01. The van der Waals surface area contributed by atoms with Crippen LogP contribution in [0.15, 0.2) is 54.6 Å². The molecule has 2 aromatic carbocycles. The van der Waals surface area contributed by atoms with Crippen LogP contribution in [-0.4, -0.2) is 29.1 Å². The van der Waals surface area contributed by atoms with Gasteiger partial charge in [-0.25, -0.2) is 4.79 Å². The second-order valence-corrected chi connectivity index (χ2v) is 6.94. The van der Waals surface area contributed by atoms with Crippen LogP contribution < -0.4 is 11.1 Å². The van der Waals surface area contributed by atoms with Gasteiger partial charge in [-0.05, 0) is 35.6 Å². The summed E-state index contributed by atoms with van der Waals surface area (Å²) in [4.78, 5) is 25.1. The third-order valence-electron chi connectivity index (χ3n) is 4.72. The number of amides is 1. The Hall–Kier alpha value is -2.57. The Kier molecular flexibility index (Phi) is 10.2. The molecule has 29 heavy (non-hydrogen) atoms. The first-order valence-corrected chi connectivity index (χ1v) is 9.45. The predicted octanol–water partition coefficient (Wildman–Crippen LogP) is 2.96. The molecule has 158 valence electrons. The van der Waals surface area contributed by atoms with E-state index in [1.54, 1.807) is 24.3 Å². The van der Waals surface area contributed by atoms with Gasteiger partial charge in [0.25, 0.3) is 0 Å². The summed E-state index contributed by atoms with van der Waals surface area (Å²) in [5.74, 6) is -0.814. The molecular weight excluding hydrogens is 392 g/mol. The van der Waals surface area contributed by atoms with Gasteiger partial charge in [0, 0.05) is 0 Å². The van der Waals surface area contributed by atoms with Gasteiger partial charge in [0.05, 0.1) is 6.04 Å². The number of phenolic OH excluding ortho intramolecular Hbond substituents is 1. The van der Waals surface area contributed by atoms with Crippen LogP contribution in [0.5, 0.6) is 5.75 Å². The maximum atomic E-state index is 12.6. The van der Waals surface area contributed by atoms with Gasteiger partial charge in [0.15, 0.2) is 0 Å². The third-order valence-corrected chi connectivity index (χ3v) is 4.72. The van der Waals surface area contributed by atoms with Crippen molar-refractivity contribution >= 4 is 24.3 Å². The van der Waals surface area contributed by atoms with Gasteiger partial charge in [-0.1, -0.05) is 62.7 Å². The molecule has 0 spiro atoms. The third kappa shape index (κ3) is 7.75. The summed E-state index contributed by atoms with van der Waals surface area (Å²) in [7, 11) is 0. The largest absolute Gasteiger partial charge is 0.508 e. The Labute approximate surface area is 177 Å². The van der Waals surface area contributed by atoms with Crippen LogP contribution in [-0.2, 0) is 27.4 Å². The van der Waals surface area contributed by atoms with Gasteiger partial charge < -0.3 is 20.9 Å². The molecule has 0 aliphatic carbocycles. The number of esters is 1. The Morgan fingerprint density at radius 3 is 2.28 bits per heavy atom. The molecule has 7 heteroatoms. The molecule has 0 aromatic heterocycles. The lowest BCUT2D eigenvalue weighted by Gasteiger charge is -2.24. The van der Waals surface area contributed by atoms with E-state index in [0.29, 0.717) is 12.8 Å². The second-order valence-electron chi connectivity index (χ2n) is 6.94. The quantitative estimate of drug-likeness (QED) is 0.541. The second kappa shape index (κ2) is 12.1. The number of carbonyl (C=O) groups is 2. The van der Waals surface area contributed by atoms with E-state index in [1.807, 2.05) is 44.2 Å².